The molecule has 1 atom stereocenters. The van der Waals surface area contributed by atoms with Crippen molar-refractivity contribution in [3.8, 4) is 0 Å². The van der Waals surface area contributed by atoms with Gasteiger partial charge in [0.1, 0.15) is 6.61 Å². The van der Waals surface area contributed by atoms with Crippen LogP contribution in [-0.4, -0.2) is 29.8 Å². The first kappa shape index (κ1) is 17.2. The minimum Gasteiger partial charge on any atom is -0.370 e. The second kappa shape index (κ2) is 6.29. The summed E-state index contributed by atoms with van der Waals surface area (Å²) < 4.78 is 78.2. The molecule has 0 aliphatic rings. The molecule has 0 radical (unpaired) electrons. The number of alkyl halides is 6. The Bertz CT molecular complexity index is 505. The van der Waals surface area contributed by atoms with Crippen molar-refractivity contribution in [3.05, 3.63) is 39.9 Å². The van der Waals surface area contributed by atoms with Crippen molar-refractivity contribution in [2.24, 2.45) is 0 Å². The first-order valence-corrected chi connectivity index (χ1v) is 5.44. The maximum atomic E-state index is 12.9. The molecule has 0 amide bonds. The zero-order valence-corrected chi connectivity index (χ0v) is 10.2. The molecule has 0 bridgehead atoms. The van der Waals surface area contributed by atoms with Gasteiger partial charge in [-0.1, -0.05) is 12.1 Å². The highest BCUT2D eigenvalue weighted by Gasteiger charge is 2.56. The van der Waals surface area contributed by atoms with E-state index in [-0.39, 0.29) is 11.3 Å². The first-order chi connectivity index (χ1) is 9.54. The average Bonchev–Trinajstić information content (AvgIpc) is 2.37. The van der Waals surface area contributed by atoms with E-state index in [2.05, 4.69) is 4.74 Å². The first-order valence-electron chi connectivity index (χ1n) is 5.44. The predicted molar refractivity (Wildman–Crippen MR) is 58.7 cm³/mol. The van der Waals surface area contributed by atoms with Gasteiger partial charge >= 0.3 is 12.1 Å². The van der Waals surface area contributed by atoms with Crippen molar-refractivity contribution in [1.29, 1.82) is 0 Å². The van der Waals surface area contributed by atoms with E-state index in [0.29, 0.717) is 0 Å². The number of non-ortho nitro benzene ring substituents is 1. The molecule has 1 aromatic carbocycles. The topological polar surface area (TPSA) is 52.4 Å². The predicted octanol–water partition coefficient (Wildman–Crippen LogP) is 3.65. The second-order valence-electron chi connectivity index (χ2n) is 4.09. The van der Waals surface area contributed by atoms with Gasteiger partial charge in [0, 0.05) is 12.1 Å². The summed E-state index contributed by atoms with van der Waals surface area (Å²) in [5.74, 6) is -4.74. The molecule has 0 spiro atoms. The molecule has 21 heavy (non-hydrogen) atoms. The van der Waals surface area contributed by atoms with Crippen LogP contribution in [0.4, 0.5) is 32.0 Å². The monoisotopic (exact) mass is 317 g/mol. The molecule has 0 saturated carbocycles. The lowest BCUT2D eigenvalue weighted by atomic mass is 10.2. The van der Waals surface area contributed by atoms with E-state index in [0.717, 1.165) is 12.1 Å². The number of hydrogen-bond donors (Lipinski definition) is 0. The van der Waals surface area contributed by atoms with Gasteiger partial charge in [0.05, 0.1) is 11.5 Å². The fraction of sp³-hybridized carbons (Fsp3) is 0.455. The normalized spacial score (nSPS) is 14.0. The maximum absolute atomic E-state index is 12.9. The number of halogens is 6. The van der Waals surface area contributed by atoms with Crippen LogP contribution in [0.5, 0.6) is 0 Å². The van der Waals surface area contributed by atoms with Gasteiger partial charge in [-0.25, -0.2) is 13.2 Å². The Morgan fingerprint density at radius 3 is 2.38 bits per heavy atom. The van der Waals surface area contributed by atoms with E-state index in [1.165, 1.54) is 12.1 Å². The second-order valence-corrected chi connectivity index (χ2v) is 4.09. The smallest absolute Gasteiger partial charge is 0.370 e. The Balaban J connectivity index is 2.61. The third kappa shape index (κ3) is 4.88. The van der Waals surface area contributed by atoms with Gasteiger partial charge in [-0.15, -0.1) is 0 Å². The standard InChI is InChI=1S/C11H9F6NO3/c12-9(11(15,16)17)10(13,14)6-21-5-7-2-1-3-8(4-7)18(19)20/h1-4,9H,5-6H2. The Hall–Kier alpha value is -1.84. The molecule has 0 aliphatic carbocycles. The molecule has 4 nitrogen and oxygen atoms in total. The van der Waals surface area contributed by atoms with Gasteiger partial charge in [-0.05, 0) is 5.56 Å². The number of ether oxygens (including phenoxy) is 1. The van der Waals surface area contributed by atoms with E-state index in [4.69, 9.17) is 0 Å². The van der Waals surface area contributed by atoms with Gasteiger partial charge < -0.3 is 4.74 Å². The van der Waals surface area contributed by atoms with Gasteiger partial charge in [0.25, 0.3) is 11.9 Å². The van der Waals surface area contributed by atoms with Crippen molar-refractivity contribution in [2.75, 3.05) is 6.61 Å². The lowest BCUT2D eigenvalue weighted by Crippen LogP contribution is -2.44. The Labute approximate surface area is 114 Å². The Morgan fingerprint density at radius 1 is 1.24 bits per heavy atom. The number of nitro groups is 1. The van der Waals surface area contributed by atoms with Crippen LogP contribution in [0.25, 0.3) is 0 Å². The summed E-state index contributed by atoms with van der Waals surface area (Å²) in [5.41, 5.74) is -0.232. The third-order valence-corrected chi connectivity index (χ3v) is 2.34. The van der Waals surface area contributed by atoms with Crippen LogP contribution in [0.15, 0.2) is 24.3 Å². The van der Waals surface area contributed by atoms with Crippen molar-refractivity contribution >= 4 is 5.69 Å². The number of hydrogen-bond acceptors (Lipinski definition) is 3. The zero-order valence-electron chi connectivity index (χ0n) is 10.2. The quantitative estimate of drug-likeness (QED) is 0.457. The molecule has 0 aliphatic heterocycles. The molecule has 0 heterocycles. The van der Waals surface area contributed by atoms with E-state index in [1.54, 1.807) is 0 Å². The number of benzene rings is 1. The molecule has 0 saturated heterocycles. The lowest BCUT2D eigenvalue weighted by Gasteiger charge is -2.22. The largest absolute Gasteiger partial charge is 0.425 e. The number of nitrogens with zero attached hydrogens (tertiary/aromatic N) is 1. The SMILES string of the molecule is O=[N+]([O-])c1cccc(COCC(F)(F)C(F)C(F)(F)F)c1. The van der Waals surface area contributed by atoms with Crippen LogP contribution < -0.4 is 0 Å². The highest BCUT2D eigenvalue weighted by molar-refractivity contribution is 5.33. The molecule has 0 aromatic heterocycles. The fourth-order valence-electron chi connectivity index (χ4n) is 1.38. The third-order valence-electron chi connectivity index (χ3n) is 2.34. The Morgan fingerprint density at radius 2 is 1.86 bits per heavy atom. The Kier molecular flexibility index (Phi) is 5.15. The minimum atomic E-state index is -5.70. The molecule has 0 fully saturated rings. The van der Waals surface area contributed by atoms with E-state index in [1.807, 2.05) is 0 Å². The van der Waals surface area contributed by atoms with E-state index >= 15 is 0 Å². The van der Waals surface area contributed by atoms with Crippen LogP contribution in [0.3, 0.4) is 0 Å². The fourth-order valence-corrected chi connectivity index (χ4v) is 1.38. The van der Waals surface area contributed by atoms with Crippen molar-refractivity contribution in [2.45, 2.75) is 24.9 Å². The highest BCUT2D eigenvalue weighted by Crippen LogP contribution is 2.35. The van der Waals surface area contributed by atoms with Crippen LogP contribution >= 0.6 is 0 Å². The van der Waals surface area contributed by atoms with Crippen LogP contribution in [0.2, 0.25) is 0 Å². The average molecular weight is 317 g/mol. The molecular formula is C11H9F6NO3. The summed E-state index contributed by atoms with van der Waals surface area (Å²) in [6.07, 6.45) is -10.0. The van der Waals surface area contributed by atoms with E-state index < -0.39 is 36.4 Å². The molecule has 1 aromatic rings. The van der Waals surface area contributed by atoms with Gasteiger partial charge in [-0.3, -0.25) is 10.1 Å². The lowest BCUT2D eigenvalue weighted by molar-refractivity contribution is -0.385. The molecular weight excluding hydrogens is 308 g/mol. The molecule has 1 rings (SSSR count). The minimum absolute atomic E-state index is 0.0995. The zero-order chi connectivity index (χ0) is 16.3. The van der Waals surface area contributed by atoms with Crippen molar-refractivity contribution < 1.29 is 36.0 Å². The number of rotatable bonds is 6. The summed E-state index contributed by atoms with van der Waals surface area (Å²) in [6.45, 7) is -2.40. The van der Waals surface area contributed by atoms with Crippen molar-refractivity contribution in [3.63, 3.8) is 0 Å². The molecule has 0 N–H and O–H groups in total. The highest BCUT2D eigenvalue weighted by atomic mass is 19.4. The van der Waals surface area contributed by atoms with Crippen LogP contribution in [0.1, 0.15) is 5.56 Å². The number of nitro benzene ring substituents is 1. The molecule has 10 heteroatoms. The summed E-state index contributed by atoms with van der Waals surface area (Å²) in [6, 6.07) is 4.69. The summed E-state index contributed by atoms with van der Waals surface area (Å²) in [5, 5.41) is 10.5. The van der Waals surface area contributed by atoms with Gasteiger partial charge in [-0.2, -0.15) is 13.2 Å². The molecule has 1 unspecified atom stereocenters. The summed E-state index contributed by atoms with van der Waals surface area (Å²) >= 11 is 0. The summed E-state index contributed by atoms with van der Waals surface area (Å²) in [4.78, 5) is 9.72. The summed E-state index contributed by atoms with van der Waals surface area (Å²) in [7, 11) is 0. The van der Waals surface area contributed by atoms with Gasteiger partial charge in [0.2, 0.25) is 0 Å². The van der Waals surface area contributed by atoms with Crippen molar-refractivity contribution in [1.82, 2.24) is 0 Å². The van der Waals surface area contributed by atoms with Gasteiger partial charge in [0.15, 0.2) is 0 Å². The van der Waals surface area contributed by atoms with Crippen LogP contribution in [0, 0.1) is 10.1 Å². The maximum Gasteiger partial charge on any atom is 0.425 e. The van der Waals surface area contributed by atoms with Crippen LogP contribution in [-0.2, 0) is 11.3 Å². The van der Waals surface area contributed by atoms with E-state index in [9.17, 15) is 36.5 Å². The molecule has 118 valence electrons.